The third-order valence-corrected chi connectivity index (χ3v) is 3.31. The minimum Gasteiger partial charge on any atom is -0.480 e. The molecular weight excluding hydrogens is 202 g/mol. The van der Waals surface area contributed by atoms with E-state index in [9.17, 15) is 4.79 Å². The fourth-order valence-corrected chi connectivity index (χ4v) is 2.11. The number of carboxylic acid groups (broad SMARTS) is 1. The van der Waals surface area contributed by atoms with E-state index in [0.29, 0.717) is 6.42 Å². The Labute approximate surface area is 94.3 Å². The van der Waals surface area contributed by atoms with Crippen LogP contribution in [0.2, 0.25) is 0 Å². The molecule has 1 aliphatic carbocycles. The van der Waals surface area contributed by atoms with Crippen LogP contribution in [0.25, 0.3) is 0 Å². The molecule has 16 heavy (non-hydrogen) atoms. The quantitative estimate of drug-likeness (QED) is 0.837. The summed E-state index contributed by atoms with van der Waals surface area (Å²) in [6.07, 6.45) is 2.14. The van der Waals surface area contributed by atoms with Crippen molar-refractivity contribution in [2.45, 2.75) is 19.3 Å². The first-order valence-corrected chi connectivity index (χ1v) is 5.37. The molecule has 1 fully saturated rings. The minimum atomic E-state index is -1.09. The number of aliphatic carboxylic acids is 1. The van der Waals surface area contributed by atoms with E-state index in [1.165, 1.54) is 5.56 Å². The Morgan fingerprint density at radius 1 is 1.50 bits per heavy atom. The van der Waals surface area contributed by atoms with E-state index in [0.717, 1.165) is 12.8 Å². The summed E-state index contributed by atoms with van der Waals surface area (Å²) in [5, 5.41) is 17.8. The van der Waals surface area contributed by atoms with Gasteiger partial charge in [-0.3, -0.25) is 4.79 Å². The second-order valence-electron chi connectivity index (χ2n) is 4.31. The number of carboxylic acids is 1. The average Bonchev–Trinajstić information content (AvgIpc) is 3.03. The number of nitrogens with zero attached hydrogens (tertiary/aromatic N) is 1. The maximum Gasteiger partial charge on any atom is 0.324 e. The fourth-order valence-electron chi connectivity index (χ4n) is 2.11. The highest BCUT2D eigenvalue weighted by Gasteiger charge is 2.60. The molecule has 0 bridgehead atoms. The van der Waals surface area contributed by atoms with Crippen LogP contribution in [0.4, 0.5) is 0 Å². The van der Waals surface area contributed by atoms with Crippen LogP contribution in [0.1, 0.15) is 18.4 Å². The fraction of sp³-hybridized carbons (Fsp3) is 0.385. The zero-order valence-corrected chi connectivity index (χ0v) is 8.89. The van der Waals surface area contributed by atoms with Gasteiger partial charge in [-0.15, -0.1) is 0 Å². The molecule has 0 amide bonds. The number of hydrogen-bond acceptors (Lipinski definition) is 2. The number of aryl methyl sites for hydroxylation is 1. The van der Waals surface area contributed by atoms with Crippen LogP contribution in [0.3, 0.4) is 0 Å². The maximum atomic E-state index is 10.9. The van der Waals surface area contributed by atoms with Crippen molar-refractivity contribution in [1.82, 2.24) is 0 Å². The van der Waals surface area contributed by atoms with Crippen molar-refractivity contribution in [1.29, 1.82) is 5.26 Å². The summed E-state index contributed by atoms with van der Waals surface area (Å²) in [4.78, 5) is 10.9. The summed E-state index contributed by atoms with van der Waals surface area (Å²) >= 11 is 0. The zero-order valence-electron chi connectivity index (χ0n) is 8.89. The third-order valence-electron chi connectivity index (χ3n) is 3.31. The highest BCUT2D eigenvalue weighted by molar-refractivity contribution is 5.82. The Hall–Kier alpha value is -1.82. The predicted molar refractivity (Wildman–Crippen MR) is 58.6 cm³/mol. The van der Waals surface area contributed by atoms with Gasteiger partial charge < -0.3 is 5.11 Å². The van der Waals surface area contributed by atoms with Gasteiger partial charge in [0.1, 0.15) is 0 Å². The van der Waals surface area contributed by atoms with E-state index in [1.807, 2.05) is 36.4 Å². The van der Waals surface area contributed by atoms with Crippen LogP contribution >= 0.6 is 0 Å². The van der Waals surface area contributed by atoms with Gasteiger partial charge in [0.05, 0.1) is 6.07 Å². The van der Waals surface area contributed by atoms with Crippen molar-refractivity contribution < 1.29 is 9.90 Å². The Morgan fingerprint density at radius 3 is 2.69 bits per heavy atom. The monoisotopic (exact) mass is 215 g/mol. The summed E-state index contributed by atoms with van der Waals surface area (Å²) in [6.45, 7) is 0. The van der Waals surface area contributed by atoms with Crippen molar-refractivity contribution >= 4 is 5.97 Å². The van der Waals surface area contributed by atoms with Gasteiger partial charge in [0.25, 0.3) is 0 Å². The molecule has 1 aromatic rings. The highest BCUT2D eigenvalue weighted by Crippen LogP contribution is 2.54. The Bertz CT molecular complexity index is 435. The molecule has 3 nitrogen and oxygen atoms in total. The molecule has 0 aromatic heterocycles. The predicted octanol–water partition coefficient (Wildman–Crippen LogP) is 2.23. The molecule has 1 N–H and O–H groups in total. The van der Waals surface area contributed by atoms with Gasteiger partial charge >= 0.3 is 5.97 Å². The first-order chi connectivity index (χ1) is 7.69. The topological polar surface area (TPSA) is 61.1 Å². The lowest BCUT2D eigenvalue weighted by Gasteiger charge is -2.02. The molecule has 0 spiro atoms. The van der Waals surface area contributed by atoms with Crippen LogP contribution in [-0.4, -0.2) is 11.1 Å². The van der Waals surface area contributed by atoms with E-state index in [2.05, 4.69) is 0 Å². The lowest BCUT2D eigenvalue weighted by Crippen LogP contribution is -2.15. The van der Waals surface area contributed by atoms with Crippen molar-refractivity contribution in [2.24, 2.45) is 11.3 Å². The summed E-state index contributed by atoms with van der Waals surface area (Å²) in [5.41, 5.74) is 0.112. The lowest BCUT2D eigenvalue weighted by molar-refractivity contribution is -0.141. The van der Waals surface area contributed by atoms with E-state index < -0.39 is 11.4 Å². The van der Waals surface area contributed by atoms with Crippen molar-refractivity contribution in [3.8, 4) is 6.07 Å². The number of nitriles is 1. The molecular formula is C13H13NO2. The molecule has 0 heterocycles. The third kappa shape index (κ3) is 1.79. The maximum absolute atomic E-state index is 10.9. The Morgan fingerprint density at radius 2 is 2.19 bits per heavy atom. The van der Waals surface area contributed by atoms with Gasteiger partial charge in [0, 0.05) is 0 Å². The molecule has 0 saturated heterocycles. The second kappa shape index (κ2) is 3.97. The molecule has 1 saturated carbocycles. The molecule has 2 rings (SSSR count). The minimum absolute atomic E-state index is 0.0233. The normalized spacial score (nSPS) is 27.1. The van der Waals surface area contributed by atoms with Gasteiger partial charge in [-0.25, -0.2) is 0 Å². The van der Waals surface area contributed by atoms with Gasteiger partial charge in [-0.1, -0.05) is 30.3 Å². The van der Waals surface area contributed by atoms with Crippen LogP contribution in [0.15, 0.2) is 30.3 Å². The SMILES string of the molecule is N#CC1(C(=O)O)CC1CCc1ccccc1. The smallest absolute Gasteiger partial charge is 0.324 e. The molecule has 2 atom stereocenters. The Balaban J connectivity index is 1.91. The van der Waals surface area contributed by atoms with Crippen LogP contribution in [0, 0.1) is 22.7 Å². The first kappa shape index (κ1) is 10.7. The van der Waals surface area contributed by atoms with Crippen LogP contribution in [-0.2, 0) is 11.2 Å². The molecule has 0 aliphatic heterocycles. The molecule has 3 heteroatoms. The van der Waals surface area contributed by atoms with Crippen molar-refractivity contribution in [2.75, 3.05) is 0 Å². The summed E-state index contributed by atoms with van der Waals surface area (Å²) in [6, 6.07) is 11.9. The standard InChI is InChI=1S/C13H13NO2/c14-9-13(12(15)16)8-11(13)7-6-10-4-2-1-3-5-10/h1-5,11H,6-8H2,(H,15,16). The van der Waals surface area contributed by atoms with E-state index in [4.69, 9.17) is 10.4 Å². The van der Waals surface area contributed by atoms with E-state index in [-0.39, 0.29) is 5.92 Å². The lowest BCUT2D eigenvalue weighted by atomic mass is 10.0. The number of benzene rings is 1. The van der Waals surface area contributed by atoms with Crippen molar-refractivity contribution in [3.05, 3.63) is 35.9 Å². The van der Waals surface area contributed by atoms with Crippen LogP contribution in [0.5, 0.6) is 0 Å². The van der Waals surface area contributed by atoms with E-state index >= 15 is 0 Å². The molecule has 2 unspecified atom stereocenters. The summed E-state index contributed by atoms with van der Waals surface area (Å²) < 4.78 is 0. The largest absolute Gasteiger partial charge is 0.480 e. The Kier molecular flexibility index (Phi) is 2.66. The molecule has 82 valence electrons. The first-order valence-electron chi connectivity index (χ1n) is 5.37. The molecule has 0 radical (unpaired) electrons. The second-order valence-corrected chi connectivity index (χ2v) is 4.31. The number of rotatable bonds is 4. The zero-order chi connectivity index (χ0) is 11.6. The molecule has 1 aliphatic rings. The van der Waals surface area contributed by atoms with E-state index in [1.54, 1.807) is 0 Å². The highest BCUT2D eigenvalue weighted by atomic mass is 16.4. The van der Waals surface area contributed by atoms with Crippen molar-refractivity contribution in [3.63, 3.8) is 0 Å². The summed E-state index contributed by atoms with van der Waals surface area (Å²) in [7, 11) is 0. The van der Waals surface area contributed by atoms with Gasteiger partial charge in [-0.2, -0.15) is 5.26 Å². The summed E-state index contributed by atoms with van der Waals surface area (Å²) in [5.74, 6) is -0.941. The molecule has 1 aromatic carbocycles. The number of hydrogen-bond donors (Lipinski definition) is 1. The van der Waals surface area contributed by atoms with Crippen LogP contribution < -0.4 is 0 Å². The van der Waals surface area contributed by atoms with Gasteiger partial charge in [-0.05, 0) is 30.7 Å². The average molecular weight is 215 g/mol. The van der Waals surface area contributed by atoms with Gasteiger partial charge in [0.15, 0.2) is 5.41 Å². The number of carbonyl (C=O) groups is 1. The van der Waals surface area contributed by atoms with Gasteiger partial charge in [0.2, 0.25) is 0 Å².